The monoisotopic (exact) mass is 367 g/mol. The van der Waals surface area contributed by atoms with E-state index in [2.05, 4.69) is 10.2 Å². The van der Waals surface area contributed by atoms with E-state index < -0.39 is 6.04 Å². The van der Waals surface area contributed by atoms with Crippen molar-refractivity contribution in [1.82, 2.24) is 15.1 Å². The number of nitrogens with one attached hydrogen (secondary N) is 1. The molecule has 1 N–H and O–H groups in total. The first-order valence-electron chi connectivity index (χ1n) is 8.57. The summed E-state index contributed by atoms with van der Waals surface area (Å²) in [5.74, 6) is -0.275. The van der Waals surface area contributed by atoms with Crippen LogP contribution in [0.3, 0.4) is 0 Å². The van der Waals surface area contributed by atoms with Gasteiger partial charge in [-0.15, -0.1) is 0 Å². The highest BCUT2D eigenvalue weighted by Crippen LogP contribution is 2.13. The zero-order valence-electron chi connectivity index (χ0n) is 14.8. The van der Waals surface area contributed by atoms with Crippen LogP contribution in [0.1, 0.15) is 19.4 Å². The van der Waals surface area contributed by atoms with Crippen molar-refractivity contribution in [2.24, 2.45) is 0 Å². The van der Waals surface area contributed by atoms with Gasteiger partial charge in [-0.25, -0.2) is 0 Å². The van der Waals surface area contributed by atoms with Gasteiger partial charge in [0.25, 0.3) is 0 Å². The van der Waals surface area contributed by atoms with Crippen molar-refractivity contribution < 1.29 is 14.3 Å². The lowest BCUT2D eigenvalue weighted by atomic mass is 10.1. The Balaban J connectivity index is 1.85. The van der Waals surface area contributed by atoms with Crippen LogP contribution in [0.4, 0.5) is 0 Å². The number of hydrogen-bond acceptors (Lipinski definition) is 4. The molecule has 0 aromatic heterocycles. The molecule has 1 fully saturated rings. The molecule has 7 heteroatoms. The fourth-order valence-electron chi connectivity index (χ4n) is 2.76. The van der Waals surface area contributed by atoms with Crippen molar-refractivity contribution in [1.29, 1.82) is 0 Å². The van der Waals surface area contributed by atoms with Crippen LogP contribution in [-0.4, -0.2) is 67.0 Å². The molecule has 1 heterocycles. The van der Waals surface area contributed by atoms with Crippen molar-refractivity contribution >= 4 is 23.4 Å². The van der Waals surface area contributed by atoms with Crippen molar-refractivity contribution in [3.8, 4) is 0 Å². The smallest absolute Gasteiger partial charge is 0.242 e. The Kier molecular flexibility index (Phi) is 7.68. The van der Waals surface area contributed by atoms with E-state index in [1.807, 2.05) is 12.1 Å². The Labute approximate surface area is 154 Å². The third-order valence-electron chi connectivity index (χ3n) is 4.35. The molecule has 0 aliphatic carbocycles. The maximum Gasteiger partial charge on any atom is 0.242 e. The zero-order valence-corrected chi connectivity index (χ0v) is 15.6. The van der Waals surface area contributed by atoms with Crippen LogP contribution in [0.5, 0.6) is 0 Å². The largest absolute Gasteiger partial charge is 0.379 e. The molecule has 0 spiro atoms. The SMILES string of the molecule is CC(=O)N(Cc1ccc(Cl)cc1)[C@H](C)C(=O)NCCN1CCOCC1. The lowest BCUT2D eigenvalue weighted by Crippen LogP contribution is -2.49. The predicted octanol–water partition coefficient (Wildman–Crippen LogP) is 1.53. The minimum atomic E-state index is -0.530. The molecule has 2 amide bonds. The van der Waals surface area contributed by atoms with Crippen molar-refractivity contribution in [3.05, 3.63) is 34.9 Å². The lowest BCUT2D eigenvalue weighted by molar-refractivity contribution is -0.139. The molecule has 1 saturated heterocycles. The number of carbonyl (C=O) groups excluding carboxylic acids is 2. The Hall–Kier alpha value is -1.63. The topological polar surface area (TPSA) is 61.9 Å². The third-order valence-corrected chi connectivity index (χ3v) is 4.60. The number of hydrogen-bond donors (Lipinski definition) is 1. The first-order chi connectivity index (χ1) is 12.0. The number of amides is 2. The van der Waals surface area contributed by atoms with Gasteiger partial charge in [0, 0.05) is 44.7 Å². The van der Waals surface area contributed by atoms with Crippen LogP contribution in [0, 0.1) is 0 Å². The standard InChI is InChI=1S/C18H26ClN3O3/c1-14(18(24)20-7-8-21-9-11-25-12-10-21)22(15(2)23)13-16-3-5-17(19)6-4-16/h3-6,14H,7-13H2,1-2H3,(H,20,24)/t14-/m1/s1. The van der Waals surface area contributed by atoms with Crippen LogP contribution >= 0.6 is 11.6 Å². The van der Waals surface area contributed by atoms with Gasteiger partial charge < -0.3 is 15.0 Å². The van der Waals surface area contributed by atoms with Crippen molar-refractivity contribution in [2.75, 3.05) is 39.4 Å². The van der Waals surface area contributed by atoms with Gasteiger partial charge in [0.1, 0.15) is 6.04 Å². The second-order valence-electron chi connectivity index (χ2n) is 6.19. The number of benzene rings is 1. The highest BCUT2D eigenvalue weighted by molar-refractivity contribution is 6.30. The van der Waals surface area contributed by atoms with Crippen LogP contribution in [0.25, 0.3) is 0 Å². The molecular formula is C18H26ClN3O3. The molecule has 0 radical (unpaired) electrons. The molecule has 0 unspecified atom stereocenters. The summed E-state index contributed by atoms with van der Waals surface area (Å²) in [5, 5.41) is 3.57. The van der Waals surface area contributed by atoms with E-state index in [1.54, 1.807) is 24.0 Å². The van der Waals surface area contributed by atoms with Crippen LogP contribution in [-0.2, 0) is 20.9 Å². The maximum atomic E-state index is 12.4. The third kappa shape index (κ3) is 6.30. The Morgan fingerprint density at radius 3 is 2.52 bits per heavy atom. The fourth-order valence-corrected chi connectivity index (χ4v) is 2.88. The molecule has 1 aliphatic rings. The summed E-state index contributed by atoms with van der Waals surface area (Å²) in [6.45, 7) is 8.23. The van der Waals surface area contributed by atoms with E-state index in [9.17, 15) is 9.59 Å². The number of morpholine rings is 1. The van der Waals surface area contributed by atoms with Crippen molar-refractivity contribution in [3.63, 3.8) is 0 Å². The molecule has 0 bridgehead atoms. The van der Waals surface area contributed by atoms with Gasteiger partial charge in [-0.2, -0.15) is 0 Å². The van der Waals surface area contributed by atoms with Gasteiger partial charge in [0.05, 0.1) is 13.2 Å². The van der Waals surface area contributed by atoms with E-state index >= 15 is 0 Å². The number of rotatable bonds is 7. The molecule has 6 nitrogen and oxygen atoms in total. The average Bonchev–Trinajstić information content (AvgIpc) is 2.61. The second-order valence-corrected chi connectivity index (χ2v) is 6.63. The minimum absolute atomic E-state index is 0.134. The Morgan fingerprint density at radius 2 is 1.92 bits per heavy atom. The summed E-state index contributed by atoms with van der Waals surface area (Å²) in [6.07, 6.45) is 0. The van der Waals surface area contributed by atoms with E-state index in [0.29, 0.717) is 18.1 Å². The molecule has 25 heavy (non-hydrogen) atoms. The fraction of sp³-hybridized carbons (Fsp3) is 0.556. The van der Waals surface area contributed by atoms with Crippen LogP contribution < -0.4 is 5.32 Å². The molecule has 1 aromatic rings. The summed E-state index contributed by atoms with van der Waals surface area (Å²) in [4.78, 5) is 28.2. The number of halogens is 1. The molecule has 138 valence electrons. The first-order valence-corrected chi connectivity index (χ1v) is 8.94. The van der Waals surface area contributed by atoms with Crippen LogP contribution in [0.15, 0.2) is 24.3 Å². The predicted molar refractivity (Wildman–Crippen MR) is 97.4 cm³/mol. The number of ether oxygens (including phenoxy) is 1. The molecule has 2 rings (SSSR count). The van der Waals surface area contributed by atoms with Gasteiger partial charge in [0.15, 0.2) is 0 Å². The van der Waals surface area contributed by atoms with Gasteiger partial charge in [-0.3, -0.25) is 14.5 Å². The summed E-state index contributed by atoms with van der Waals surface area (Å²) in [7, 11) is 0. The average molecular weight is 368 g/mol. The minimum Gasteiger partial charge on any atom is -0.379 e. The van der Waals surface area contributed by atoms with E-state index in [0.717, 1.165) is 38.4 Å². The molecule has 1 aromatic carbocycles. The summed E-state index contributed by atoms with van der Waals surface area (Å²) in [6, 6.07) is 6.76. The number of nitrogens with zero attached hydrogens (tertiary/aromatic N) is 2. The lowest BCUT2D eigenvalue weighted by Gasteiger charge is -2.29. The van der Waals surface area contributed by atoms with Crippen molar-refractivity contribution in [2.45, 2.75) is 26.4 Å². The Morgan fingerprint density at radius 1 is 1.28 bits per heavy atom. The second kappa shape index (κ2) is 9.75. The molecule has 1 atom stereocenters. The van der Waals surface area contributed by atoms with Gasteiger partial charge in [-0.05, 0) is 24.6 Å². The van der Waals surface area contributed by atoms with Gasteiger partial charge in [-0.1, -0.05) is 23.7 Å². The van der Waals surface area contributed by atoms with Gasteiger partial charge in [0.2, 0.25) is 11.8 Å². The van der Waals surface area contributed by atoms with E-state index in [-0.39, 0.29) is 11.8 Å². The quantitative estimate of drug-likeness (QED) is 0.793. The van der Waals surface area contributed by atoms with E-state index in [1.165, 1.54) is 6.92 Å². The van der Waals surface area contributed by atoms with E-state index in [4.69, 9.17) is 16.3 Å². The molecule has 1 aliphatic heterocycles. The molecule has 0 saturated carbocycles. The zero-order chi connectivity index (χ0) is 18.2. The number of carbonyl (C=O) groups is 2. The summed E-state index contributed by atoms with van der Waals surface area (Å²) >= 11 is 5.89. The molecular weight excluding hydrogens is 342 g/mol. The normalized spacial score (nSPS) is 16.3. The summed E-state index contributed by atoms with van der Waals surface area (Å²) in [5.41, 5.74) is 0.938. The van der Waals surface area contributed by atoms with Crippen LogP contribution in [0.2, 0.25) is 5.02 Å². The maximum absolute atomic E-state index is 12.4. The Bertz CT molecular complexity index is 573. The first kappa shape index (κ1) is 19.7. The summed E-state index contributed by atoms with van der Waals surface area (Å²) < 4.78 is 5.31. The highest BCUT2D eigenvalue weighted by atomic mass is 35.5. The highest BCUT2D eigenvalue weighted by Gasteiger charge is 2.23. The van der Waals surface area contributed by atoms with Gasteiger partial charge >= 0.3 is 0 Å².